The summed E-state index contributed by atoms with van der Waals surface area (Å²) in [7, 11) is 0. The number of aromatic amines is 1. The summed E-state index contributed by atoms with van der Waals surface area (Å²) >= 11 is 0. The van der Waals surface area contributed by atoms with Gasteiger partial charge in [-0.1, -0.05) is 6.07 Å². The van der Waals surface area contributed by atoms with Gasteiger partial charge in [0.05, 0.1) is 17.1 Å². The number of nitriles is 1. The fourth-order valence-corrected chi connectivity index (χ4v) is 3.33. The number of hydrogen-bond donors (Lipinski definition) is 1. The van der Waals surface area contributed by atoms with Crippen molar-refractivity contribution in [3.05, 3.63) is 52.7 Å². The van der Waals surface area contributed by atoms with Crippen LogP contribution >= 0.6 is 0 Å². The number of aromatic nitrogens is 4. The quantitative estimate of drug-likeness (QED) is 0.737. The predicted octanol–water partition coefficient (Wildman–Crippen LogP) is 2.29. The van der Waals surface area contributed by atoms with Gasteiger partial charge in [0.2, 0.25) is 0 Å². The first-order valence-corrected chi connectivity index (χ1v) is 8.10. The van der Waals surface area contributed by atoms with Crippen molar-refractivity contribution < 1.29 is 4.79 Å². The summed E-state index contributed by atoms with van der Waals surface area (Å²) in [4.78, 5) is 30.7. The molecule has 0 aromatic carbocycles. The van der Waals surface area contributed by atoms with Crippen LogP contribution in [0, 0.1) is 18.3 Å². The van der Waals surface area contributed by atoms with Crippen molar-refractivity contribution in [2.45, 2.75) is 26.3 Å². The topological polar surface area (TPSA) is 98.6 Å². The lowest BCUT2D eigenvalue weighted by molar-refractivity contribution is 0.0665. The van der Waals surface area contributed by atoms with Crippen LogP contribution < -0.4 is 0 Å². The Morgan fingerprint density at radius 3 is 3.08 bits per heavy atom. The Labute approximate surface area is 144 Å². The molecule has 4 heterocycles. The van der Waals surface area contributed by atoms with Crippen molar-refractivity contribution >= 4 is 17.1 Å². The number of carbonyl (C=O) groups is 1. The van der Waals surface area contributed by atoms with Gasteiger partial charge in [0.25, 0.3) is 5.91 Å². The first-order valence-electron chi connectivity index (χ1n) is 8.10. The van der Waals surface area contributed by atoms with Gasteiger partial charge in [-0.15, -0.1) is 0 Å². The van der Waals surface area contributed by atoms with E-state index in [1.54, 1.807) is 11.1 Å². The lowest BCUT2D eigenvalue weighted by Crippen LogP contribution is -2.39. The third kappa shape index (κ3) is 2.34. The molecule has 0 saturated heterocycles. The standard InChI is InChI=1S/C18H16N6O/c1-10-12(8-19)9-21-16-15(10)22-17(23-16)18(25)24-7-5-14-13(11(24)2)4-3-6-20-14/h3-4,6,9,11H,5,7H2,1-2H3,(H,21,22,23)/t11-/m1/s1. The van der Waals surface area contributed by atoms with Gasteiger partial charge in [0, 0.05) is 31.1 Å². The molecule has 1 N–H and O–H groups in total. The zero-order valence-electron chi connectivity index (χ0n) is 13.9. The summed E-state index contributed by atoms with van der Waals surface area (Å²) in [6.07, 6.45) is 3.99. The van der Waals surface area contributed by atoms with Crippen LogP contribution in [0.3, 0.4) is 0 Å². The fourth-order valence-electron chi connectivity index (χ4n) is 3.33. The van der Waals surface area contributed by atoms with Crippen molar-refractivity contribution in [3.8, 4) is 6.07 Å². The number of nitrogens with zero attached hydrogens (tertiary/aromatic N) is 5. The Morgan fingerprint density at radius 1 is 1.44 bits per heavy atom. The van der Waals surface area contributed by atoms with E-state index in [9.17, 15) is 4.79 Å². The molecule has 0 spiro atoms. The number of H-pyrrole nitrogens is 1. The van der Waals surface area contributed by atoms with Crippen LogP contribution in [-0.2, 0) is 6.42 Å². The van der Waals surface area contributed by atoms with Crippen molar-refractivity contribution in [1.29, 1.82) is 5.26 Å². The van der Waals surface area contributed by atoms with Gasteiger partial charge in [0.15, 0.2) is 11.5 Å². The Hall–Kier alpha value is -3.27. The molecule has 124 valence electrons. The molecule has 25 heavy (non-hydrogen) atoms. The predicted molar refractivity (Wildman–Crippen MR) is 90.7 cm³/mol. The molecule has 7 nitrogen and oxygen atoms in total. The number of rotatable bonds is 1. The van der Waals surface area contributed by atoms with Crippen molar-refractivity contribution in [3.63, 3.8) is 0 Å². The van der Waals surface area contributed by atoms with E-state index in [4.69, 9.17) is 5.26 Å². The van der Waals surface area contributed by atoms with E-state index in [0.29, 0.717) is 23.3 Å². The van der Waals surface area contributed by atoms with Gasteiger partial charge in [0.1, 0.15) is 6.07 Å². The lowest BCUT2D eigenvalue weighted by Gasteiger charge is -2.34. The molecular formula is C18H16N6O. The van der Waals surface area contributed by atoms with Crippen LogP contribution in [-0.4, -0.2) is 37.3 Å². The Morgan fingerprint density at radius 2 is 2.28 bits per heavy atom. The van der Waals surface area contributed by atoms with Crippen molar-refractivity contribution in [2.24, 2.45) is 0 Å². The van der Waals surface area contributed by atoms with E-state index in [-0.39, 0.29) is 17.8 Å². The van der Waals surface area contributed by atoms with Crippen LogP contribution in [0.15, 0.2) is 24.5 Å². The maximum absolute atomic E-state index is 13.0. The summed E-state index contributed by atoms with van der Waals surface area (Å²) in [6.45, 7) is 4.41. The summed E-state index contributed by atoms with van der Waals surface area (Å²) < 4.78 is 0. The van der Waals surface area contributed by atoms with E-state index in [1.165, 1.54) is 6.20 Å². The molecule has 1 aliphatic heterocycles. The zero-order chi connectivity index (χ0) is 17.6. The summed E-state index contributed by atoms with van der Waals surface area (Å²) in [5, 5.41) is 9.12. The molecule has 0 saturated carbocycles. The number of amides is 1. The van der Waals surface area contributed by atoms with Gasteiger partial charge in [-0.25, -0.2) is 9.97 Å². The average Bonchev–Trinajstić information content (AvgIpc) is 3.07. The van der Waals surface area contributed by atoms with E-state index in [0.717, 1.165) is 23.2 Å². The minimum atomic E-state index is -0.169. The molecule has 1 amide bonds. The number of imidazole rings is 1. The number of aryl methyl sites for hydroxylation is 1. The maximum Gasteiger partial charge on any atom is 0.290 e. The molecule has 3 aromatic rings. The second-order valence-electron chi connectivity index (χ2n) is 6.16. The third-order valence-corrected chi connectivity index (χ3v) is 4.80. The molecule has 0 unspecified atom stereocenters. The number of carbonyl (C=O) groups excluding carboxylic acids is 1. The molecule has 4 rings (SSSR count). The van der Waals surface area contributed by atoms with E-state index in [1.807, 2.05) is 26.0 Å². The van der Waals surface area contributed by atoms with E-state index < -0.39 is 0 Å². The highest BCUT2D eigenvalue weighted by Crippen LogP contribution is 2.29. The number of hydrogen-bond acceptors (Lipinski definition) is 5. The molecule has 1 aliphatic rings. The average molecular weight is 332 g/mol. The Kier molecular flexibility index (Phi) is 3.46. The minimum Gasteiger partial charge on any atom is -0.332 e. The summed E-state index contributed by atoms with van der Waals surface area (Å²) in [5.41, 5.74) is 4.42. The Balaban J connectivity index is 1.71. The second-order valence-corrected chi connectivity index (χ2v) is 6.16. The van der Waals surface area contributed by atoms with Crippen molar-refractivity contribution in [2.75, 3.05) is 6.54 Å². The van der Waals surface area contributed by atoms with Gasteiger partial charge >= 0.3 is 0 Å². The van der Waals surface area contributed by atoms with Crippen LogP contribution in [0.1, 0.15) is 46.0 Å². The first-order chi connectivity index (χ1) is 12.1. The summed E-state index contributed by atoms with van der Waals surface area (Å²) in [5.74, 6) is 0.0813. The highest BCUT2D eigenvalue weighted by atomic mass is 16.2. The highest BCUT2D eigenvalue weighted by molar-refractivity contribution is 5.94. The second kappa shape index (κ2) is 5.67. The smallest absolute Gasteiger partial charge is 0.290 e. The fraction of sp³-hybridized carbons (Fsp3) is 0.278. The summed E-state index contributed by atoms with van der Waals surface area (Å²) in [6, 6.07) is 5.93. The normalized spacial score (nSPS) is 16.5. The zero-order valence-corrected chi connectivity index (χ0v) is 13.9. The van der Waals surface area contributed by atoms with Gasteiger partial charge in [-0.05, 0) is 31.0 Å². The molecule has 0 bridgehead atoms. The maximum atomic E-state index is 13.0. The monoisotopic (exact) mass is 332 g/mol. The molecule has 0 radical (unpaired) electrons. The van der Waals surface area contributed by atoms with E-state index >= 15 is 0 Å². The van der Waals surface area contributed by atoms with Crippen LogP contribution in [0.2, 0.25) is 0 Å². The molecule has 0 fully saturated rings. The van der Waals surface area contributed by atoms with Crippen LogP contribution in [0.5, 0.6) is 0 Å². The number of fused-ring (bicyclic) bond motifs is 2. The van der Waals surface area contributed by atoms with Gasteiger partial charge < -0.3 is 9.88 Å². The highest BCUT2D eigenvalue weighted by Gasteiger charge is 2.30. The molecule has 7 heteroatoms. The molecule has 1 atom stereocenters. The molecule has 3 aromatic heterocycles. The van der Waals surface area contributed by atoms with Crippen LogP contribution in [0.4, 0.5) is 0 Å². The van der Waals surface area contributed by atoms with Crippen molar-refractivity contribution in [1.82, 2.24) is 24.8 Å². The first kappa shape index (κ1) is 15.3. The number of pyridine rings is 2. The lowest BCUT2D eigenvalue weighted by atomic mass is 9.98. The Bertz CT molecular complexity index is 1030. The minimum absolute atomic E-state index is 0.0677. The number of nitrogens with one attached hydrogen (secondary N) is 1. The SMILES string of the molecule is Cc1c(C#N)cnc2nc(C(=O)N3CCc4ncccc4[C@H]3C)[nH]c12. The van der Waals surface area contributed by atoms with Gasteiger partial charge in [-0.3, -0.25) is 9.78 Å². The largest absolute Gasteiger partial charge is 0.332 e. The van der Waals surface area contributed by atoms with Gasteiger partial charge in [-0.2, -0.15) is 5.26 Å². The molecule has 0 aliphatic carbocycles. The third-order valence-electron chi connectivity index (χ3n) is 4.80. The van der Waals surface area contributed by atoms with E-state index in [2.05, 4.69) is 26.0 Å². The molecular weight excluding hydrogens is 316 g/mol. The van der Waals surface area contributed by atoms with Crippen LogP contribution in [0.25, 0.3) is 11.2 Å².